The van der Waals surface area contributed by atoms with Crippen LogP contribution in [0.25, 0.3) is 0 Å². The zero-order chi connectivity index (χ0) is 15.4. The topological polar surface area (TPSA) is 50.8 Å². The van der Waals surface area contributed by atoms with Crippen molar-refractivity contribution in [3.63, 3.8) is 0 Å². The van der Waals surface area contributed by atoms with Crippen molar-refractivity contribution < 1.29 is 14.3 Å². The summed E-state index contributed by atoms with van der Waals surface area (Å²) in [6, 6.07) is 9.86. The molecule has 0 atom stereocenters. The number of thiophene rings is 1. The van der Waals surface area contributed by atoms with Crippen molar-refractivity contribution in [1.29, 1.82) is 0 Å². The van der Waals surface area contributed by atoms with E-state index in [0.717, 1.165) is 21.9 Å². The Labute approximate surface area is 133 Å². The number of likely N-dealkylation sites (N-methyl/N-ethyl adjacent to an activating group) is 1. The van der Waals surface area contributed by atoms with E-state index >= 15 is 0 Å². The van der Waals surface area contributed by atoms with Crippen LogP contribution in [0.1, 0.15) is 10.4 Å². The van der Waals surface area contributed by atoms with Crippen LogP contribution in [0.4, 0.5) is 0 Å². The van der Waals surface area contributed by atoms with Gasteiger partial charge < -0.3 is 14.8 Å². The summed E-state index contributed by atoms with van der Waals surface area (Å²) in [6.45, 7) is 1.91. The molecule has 0 saturated carbocycles. The lowest BCUT2D eigenvalue weighted by Crippen LogP contribution is -2.34. The first-order valence-corrected chi connectivity index (χ1v) is 7.95. The Morgan fingerprint density at radius 1 is 1.32 bits per heavy atom. The fourth-order valence-electron chi connectivity index (χ4n) is 2.31. The van der Waals surface area contributed by atoms with Gasteiger partial charge in [0.1, 0.15) is 0 Å². The molecule has 2 aromatic rings. The van der Waals surface area contributed by atoms with Gasteiger partial charge in [-0.15, -0.1) is 11.3 Å². The van der Waals surface area contributed by atoms with Gasteiger partial charge >= 0.3 is 0 Å². The molecule has 0 spiro atoms. The number of amides is 1. The third-order valence-corrected chi connectivity index (χ3v) is 4.22. The largest absolute Gasteiger partial charge is 0.454 e. The van der Waals surface area contributed by atoms with Gasteiger partial charge in [-0.3, -0.25) is 9.69 Å². The van der Waals surface area contributed by atoms with E-state index in [1.165, 1.54) is 0 Å². The number of carbonyl (C=O) groups excluding carboxylic acids is 1. The number of benzene rings is 1. The highest BCUT2D eigenvalue weighted by Gasteiger charge is 2.14. The Kier molecular flexibility index (Phi) is 4.60. The number of fused-ring (bicyclic) bond motifs is 1. The van der Waals surface area contributed by atoms with E-state index in [1.54, 1.807) is 11.3 Å². The average molecular weight is 318 g/mol. The lowest BCUT2D eigenvalue weighted by Gasteiger charge is -2.16. The molecule has 116 valence electrons. The molecule has 0 radical (unpaired) electrons. The average Bonchev–Trinajstić information content (AvgIpc) is 3.15. The third-order valence-electron chi connectivity index (χ3n) is 3.34. The highest BCUT2D eigenvalue weighted by Crippen LogP contribution is 2.32. The molecule has 1 aliphatic rings. The van der Waals surface area contributed by atoms with Gasteiger partial charge in [0, 0.05) is 11.4 Å². The number of rotatable bonds is 6. The summed E-state index contributed by atoms with van der Waals surface area (Å²) in [5.74, 6) is 1.57. The lowest BCUT2D eigenvalue weighted by molar-refractivity contribution is -0.122. The predicted molar refractivity (Wildman–Crippen MR) is 85.1 cm³/mol. The maximum Gasteiger partial charge on any atom is 0.234 e. The van der Waals surface area contributed by atoms with E-state index in [4.69, 9.17) is 9.47 Å². The Balaban J connectivity index is 1.47. The molecule has 0 bridgehead atoms. The molecule has 1 aliphatic heterocycles. The first-order chi connectivity index (χ1) is 10.7. The van der Waals surface area contributed by atoms with Crippen LogP contribution in [-0.2, 0) is 17.9 Å². The van der Waals surface area contributed by atoms with Crippen molar-refractivity contribution in [1.82, 2.24) is 10.2 Å². The first kappa shape index (κ1) is 14.9. The molecule has 5 nitrogen and oxygen atoms in total. The van der Waals surface area contributed by atoms with Crippen LogP contribution in [0.5, 0.6) is 11.5 Å². The van der Waals surface area contributed by atoms with Crippen molar-refractivity contribution >= 4 is 17.2 Å². The third kappa shape index (κ3) is 3.78. The quantitative estimate of drug-likeness (QED) is 0.887. The second-order valence-electron chi connectivity index (χ2n) is 5.22. The fourth-order valence-corrected chi connectivity index (χ4v) is 2.95. The summed E-state index contributed by atoms with van der Waals surface area (Å²) in [4.78, 5) is 15.1. The molecule has 3 rings (SSSR count). The molecule has 0 unspecified atom stereocenters. The highest BCUT2D eigenvalue weighted by atomic mass is 32.1. The van der Waals surface area contributed by atoms with Gasteiger partial charge in [0.25, 0.3) is 0 Å². The van der Waals surface area contributed by atoms with E-state index in [1.807, 2.05) is 47.7 Å². The Morgan fingerprint density at radius 2 is 2.18 bits per heavy atom. The molecular formula is C16H18N2O3S. The Hall–Kier alpha value is -2.05. The molecule has 1 aromatic heterocycles. The van der Waals surface area contributed by atoms with E-state index in [2.05, 4.69) is 5.32 Å². The maximum atomic E-state index is 11.9. The minimum atomic E-state index is 0.0247. The number of nitrogens with zero attached hydrogens (tertiary/aromatic N) is 1. The van der Waals surface area contributed by atoms with E-state index in [0.29, 0.717) is 19.6 Å². The molecule has 0 fully saturated rings. The van der Waals surface area contributed by atoms with E-state index in [-0.39, 0.29) is 12.7 Å². The van der Waals surface area contributed by atoms with E-state index in [9.17, 15) is 4.79 Å². The van der Waals surface area contributed by atoms with Crippen molar-refractivity contribution in [3.8, 4) is 11.5 Å². The van der Waals surface area contributed by atoms with Gasteiger partial charge in [-0.1, -0.05) is 12.1 Å². The van der Waals surface area contributed by atoms with Gasteiger partial charge in [0.2, 0.25) is 12.7 Å². The number of carbonyl (C=O) groups is 1. The van der Waals surface area contributed by atoms with Crippen molar-refractivity contribution in [2.75, 3.05) is 20.4 Å². The van der Waals surface area contributed by atoms with Crippen LogP contribution >= 0.6 is 11.3 Å². The number of hydrogen-bond donors (Lipinski definition) is 1. The van der Waals surface area contributed by atoms with Gasteiger partial charge in [-0.05, 0) is 36.2 Å². The second kappa shape index (κ2) is 6.81. The zero-order valence-electron chi connectivity index (χ0n) is 12.4. The van der Waals surface area contributed by atoms with Crippen molar-refractivity contribution in [2.24, 2.45) is 0 Å². The highest BCUT2D eigenvalue weighted by molar-refractivity contribution is 7.09. The maximum absolute atomic E-state index is 11.9. The van der Waals surface area contributed by atoms with E-state index < -0.39 is 0 Å². The molecule has 0 saturated heterocycles. The van der Waals surface area contributed by atoms with Crippen LogP contribution < -0.4 is 14.8 Å². The normalized spacial score (nSPS) is 12.6. The predicted octanol–water partition coefficient (Wildman–Crippen LogP) is 2.22. The minimum Gasteiger partial charge on any atom is -0.454 e. The monoisotopic (exact) mass is 318 g/mol. The minimum absolute atomic E-state index is 0.0247. The van der Waals surface area contributed by atoms with Gasteiger partial charge in [0.05, 0.1) is 13.1 Å². The van der Waals surface area contributed by atoms with Crippen LogP contribution in [0.15, 0.2) is 35.7 Å². The first-order valence-electron chi connectivity index (χ1n) is 7.07. The number of nitrogens with one attached hydrogen (secondary N) is 1. The summed E-state index contributed by atoms with van der Waals surface area (Å²) in [5.41, 5.74) is 1.10. The number of hydrogen-bond acceptors (Lipinski definition) is 5. The smallest absolute Gasteiger partial charge is 0.234 e. The fraction of sp³-hybridized carbons (Fsp3) is 0.312. The van der Waals surface area contributed by atoms with Gasteiger partial charge in [-0.25, -0.2) is 0 Å². The van der Waals surface area contributed by atoms with Gasteiger partial charge in [0.15, 0.2) is 11.5 Å². The number of ether oxygens (including phenoxy) is 2. The zero-order valence-corrected chi connectivity index (χ0v) is 13.2. The lowest BCUT2D eigenvalue weighted by atomic mass is 10.2. The second-order valence-corrected chi connectivity index (χ2v) is 6.25. The standard InChI is InChI=1S/C16H18N2O3S/c1-18(10-16(19)17-8-13-3-2-6-22-13)9-12-4-5-14-15(7-12)21-11-20-14/h2-7H,8-11H2,1H3,(H,17,19). The van der Waals surface area contributed by atoms with Gasteiger partial charge in [-0.2, -0.15) is 0 Å². The Bertz CT molecular complexity index is 643. The molecule has 6 heteroatoms. The molecule has 1 amide bonds. The molecular weight excluding hydrogens is 300 g/mol. The SMILES string of the molecule is CN(CC(=O)NCc1cccs1)Cc1ccc2c(c1)OCO2. The molecule has 0 aliphatic carbocycles. The summed E-state index contributed by atoms with van der Waals surface area (Å²) in [6.07, 6.45) is 0. The Morgan fingerprint density at radius 3 is 3.00 bits per heavy atom. The van der Waals surface area contributed by atoms with Crippen LogP contribution in [0.3, 0.4) is 0 Å². The molecule has 1 N–H and O–H groups in total. The molecule has 22 heavy (non-hydrogen) atoms. The van der Waals surface area contributed by atoms with Crippen molar-refractivity contribution in [3.05, 3.63) is 46.2 Å². The van der Waals surface area contributed by atoms with Crippen molar-refractivity contribution in [2.45, 2.75) is 13.1 Å². The van der Waals surface area contributed by atoms with Crippen LogP contribution in [0.2, 0.25) is 0 Å². The summed E-state index contributed by atoms with van der Waals surface area (Å²) < 4.78 is 10.7. The molecule has 2 heterocycles. The summed E-state index contributed by atoms with van der Waals surface area (Å²) in [7, 11) is 1.93. The van der Waals surface area contributed by atoms with Crippen LogP contribution in [-0.4, -0.2) is 31.2 Å². The summed E-state index contributed by atoms with van der Waals surface area (Å²) in [5, 5.41) is 4.94. The summed E-state index contributed by atoms with van der Waals surface area (Å²) >= 11 is 1.64. The molecule has 1 aromatic carbocycles. The van der Waals surface area contributed by atoms with Crippen LogP contribution in [0, 0.1) is 0 Å².